The van der Waals surface area contributed by atoms with Gasteiger partial charge in [-0.15, -0.1) is 0 Å². The maximum atomic E-state index is 14.5. The molecular weight excluding hydrogens is 1200 g/mol. The molecule has 21 heteroatoms. The van der Waals surface area contributed by atoms with Crippen LogP contribution < -0.4 is 31.5 Å². The van der Waals surface area contributed by atoms with Crippen LogP contribution in [0.25, 0.3) is 38.2 Å². The maximum absolute atomic E-state index is 14.5. The molecule has 0 atom stereocenters. The second-order valence-electron chi connectivity index (χ2n) is 24.2. The first-order valence-corrected chi connectivity index (χ1v) is 33.4. The van der Waals surface area contributed by atoms with Crippen molar-refractivity contribution in [2.45, 2.75) is 91.2 Å². The smallest absolute Gasteiger partial charge is 0.488 e. The second kappa shape index (κ2) is 28.4. The standard InChI is InChI=1S/C71H75B2F6N5O7Si/c1-43(2)64(85)17-12-13-31-83(39-47-33-49(70(74,75)76)20-27-62(47)72(87)88)42-61-54-16-11-10-15-53(54)60(41-84(32-14-30-82-69(86)44(3)4)40-48-34-50(71(77,78)79)21-28-63(48)73(89)90)55-24-18-45(35-58(55)61)46-19-29-65(91-7)59(36-46)68-56-25-22-51(80-5)37-66(56)92(8,9)67-38-52(81-6)23-26-57(67)68/h10-11,15-16,18-29,33-38,80,87-90H,1,3,12-14,17,30-32,39-42H2,2,4-9H3,(H,82,86). The van der Waals surface area contributed by atoms with E-state index in [4.69, 9.17) is 4.74 Å². The van der Waals surface area contributed by atoms with Crippen molar-refractivity contribution in [3.63, 3.8) is 0 Å². The zero-order valence-corrected chi connectivity index (χ0v) is 53.7. The van der Waals surface area contributed by atoms with Gasteiger partial charge in [-0.2, -0.15) is 26.3 Å². The fourth-order valence-electron chi connectivity index (χ4n) is 12.6. The number of fused-ring (bicyclic) bond motifs is 4. The molecular formula is C71H75B2F6N5O7Si. The second-order valence-corrected chi connectivity index (χ2v) is 28.5. The molecule has 0 bridgehead atoms. The quantitative estimate of drug-likeness (QED) is 0.0107. The van der Waals surface area contributed by atoms with E-state index in [2.05, 4.69) is 84.4 Å². The predicted octanol–water partition coefficient (Wildman–Crippen LogP) is 11.3. The molecule has 7 aromatic rings. The van der Waals surface area contributed by atoms with Crippen LogP contribution in [-0.2, 0) is 48.1 Å². The Morgan fingerprint density at radius 2 is 1.22 bits per heavy atom. The number of nitrogens with one attached hydrogen (secondary N) is 2. The minimum Gasteiger partial charge on any atom is -0.496 e. The van der Waals surface area contributed by atoms with Gasteiger partial charge in [0.15, 0.2) is 5.78 Å². The summed E-state index contributed by atoms with van der Waals surface area (Å²) in [5, 5.41) is 54.0. The van der Waals surface area contributed by atoms with Gasteiger partial charge < -0.3 is 35.5 Å². The fourth-order valence-corrected chi connectivity index (χ4v) is 15.6. The number of carbonyl (C=O) groups excluding carboxylic acids is 2. The van der Waals surface area contributed by atoms with E-state index in [9.17, 15) is 56.0 Å². The summed E-state index contributed by atoms with van der Waals surface area (Å²) in [6.07, 6.45) is -1.87. The number of hydrogen-bond donors (Lipinski definition) is 6. The molecule has 478 valence electrons. The number of ketones is 1. The van der Waals surface area contributed by atoms with Crippen molar-refractivity contribution in [2.24, 2.45) is 4.99 Å². The average molecular weight is 1270 g/mol. The number of Topliss-reactive ketones (excluding diaryl/α,β-unsaturated/α-hetero) is 1. The molecule has 0 saturated heterocycles. The van der Waals surface area contributed by atoms with Crippen molar-refractivity contribution in [1.82, 2.24) is 15.1 Å². The number of ether oxygens (including phenoxy) is 1. The van der Waals surface area contributed by atoms with Crippen molar-refractivity contribution in [2.75, 3.05) is 46.2 Å². The monoisotopic (exact) mass is 1270 g/mol. The minimum absolute atomic E-state index is 0.0152. The van der Waals surface area contributed by atoms with E-state index in [-0.39, 0.29) is 91.6 Å². The highest BCUT2D eigenvalue weighted by Gasteiger charge is 2.41. The largest absolute Gasteiger partial charge is 0.496 e. The number of unbranched alkanes of at least 4 members (excludes halogenated alkanes) is 1. The van der Waals surface area contributed by atoms with Gasteiger partial charge >= 0.3 is 26.6 Å². The van der Waals surface area contributed by atoms with Crippen molar-refractivity contribution in [3.8, 4) is 16.9 Å². The van der Waals surface area contributed by atoms with Gasteiger partial charge in [0.1, 0.15) is 13.8 Å². The summed E-state index contributed by atoms with van der Waals surface area (Å²) in [5.41, 5.74) is 7.33. The number of alkyl halides is 6. The third-order valence-corrected chi connectivity index (χ3v) is 21.0. The number of hydrogen-bond acceptors (Lipinski definition) is 11. The van der Waals surface area contributed by atoms with Crippen LogP contribution in [0.5, 0.6) is 5.75 Å². The molecule has 9 rings (SSSR count). The highest BCUT2D eigenvalue weighted by atomic mass is 28.3. The first kappa shape index (κ1) is 68.2. The van der Waals surface area contributed by atoms with Gasteiger partial charge in [-0.25, -0.2) is 0 Å². The molecule has 0 aromatic heterocycles. The number of rotatable bonds is 25. The van der Waals surface area contributed by atoms with Crippen molar-refractivity contribution < 1.29 is 60.8 Å². The normalized spacial score (nSPS) is 14.2. The fraction of sp³-hybridized carbons (Fsp3) is 0.282. The summed E-state index contributed by atoms with van der Waals surface area (Å²) >= 11 is 0. The zero-order valence-electron chi connectivity index (χ0n) is 52.7. The van der Waals surface area contributed by atoms with Crippen molar-refractivity contribution >= 4 is 88.6 Å². The van der Waals surface area contributed by atoms with E-state index >= 15 is 0 Å². The lowest BCUT2D eigenvalue weighted by Crippen LogP contribution is -2.49. The minimum atomic E-state index is -4.76. The van der Waals surface area contributed by atoms with E-state index in [1.165, 1.54) is 10.4 Å². The molecule has 2 aliphatic rings. The maximum Gasteiger partial charge on any atom is 0.488 e. The molecule has 92 heavy (non-hydrogen) atoms. The number of halogens is 6. The molecule has 0 fully saturated rings. The van der Waals surface area contributed by atoms with Gasteiger partial charge in [0.2, 0.25) is 5.91 Å². The van der Waals surface area contributed by atoms with Crippen molar-refractivity contribution in [1.29, 1.82) is 0 Å². The lowest BCUT2D eigenvalue weighted by molar-refractivity contribution is -0.138. The Morgan fingerprint density at radius 1 is 0.652 bits per heavy atom. The Hall–Kier alpha value is -8.14. The number of nitrogens with zero attached hydrogens (tertiary/aromatic N) is 3. The first-order valence-electron chi connectivity index (χ1n) is 30.4. The van der Waals surface area contributed by atoms with Gasteiger partial charge in [0.05, 0.1) is 23.9 Å². The number of benzene rings is 7. The number of methoxy groups -OCH3 is 1. The van der Waals surface area contributed by atoms with Crippen LogP contribution in [0.1, 0.15) is 84.0 Å². The van der Waals surface area contributed by atoms with Gasteiger partial charge in [-0.05, 0) is 193 Å². The SMILES string of the molecule is C=C(C)C(=O)CCCCN(Cc1cc(C(F)(F)F)ccc1B(O)O)Cc1c2ccccc2c(CN(CCCNC(=O)C(=C)C)Cc2cc(C(F)(F)F)ccc2B(O)O)c2ccc(-c3ccc(OC)c(C4=C5C=CC(=NC)C=C5[Si](C)(C)c5cc(NC)ccc54)c3)cc12. The summed E-state index contributed by atoms with van der Waals surface area (Å²) in [5.74, 6) is 0.120. The van der Waals surface area contributed by atoms with Crippen LogP contribution in [0.2, 0.25) is 13.1 Å². The Labute approximate surface area is 534 Å². The molecule has 1 amide bonds. The molecule has 1 aliphatic heterocycles. The molecule has 1 aliphatic carbocycles. The van der Waals surface area contributed by atoms with E-state index in [1.807, 2.05) is 71.5 Å². The van der Waals surface area contributed by atoms with Crippen LogP contribution in [-0.4, -0.2) is 110 Å². The van der Waals surface area contributed by atoms with Gasteiger partial charge in [0, 0.05) is 76.6 Å². The lowest BCUT2D eigenvalue weighted by Gasteiger charge is -2.38. The van der Waals surface area contributed by atoms with Crippen LogP contribution in [0.4, 0.5) is 32.0 Å². The molecule has 0 saturated carbocycles. The number of carbonyl (C=O) groups is 2. The summed E-state index contributed by atoms with van der Waals surface area (Å²) < 4.78 is 93.2. The van der Waals surface area contributed by atoms with Gasteiger partial charge in [-0.3, -0.25) is 24.4 Å². The molecule has 1 heterocycles. The first-order chi connectivity index (χ1) is 43.6. The summed E-state index contributed by atoms with van der Waals surface area (Å²) in [6, 6.07) is 31.7. The molecule has 12 nitrogen and oxygen atoms in total. The van der Waals surface area contributed by atoms with Gasteiger partial charge in [0.25, 0.3) is 0 Å². The molecule has 0 unspecified atom stereocenters. The van der Waals surface area contributed by atoms with Crippen LogP contribution in [0.15, 0.2) is 174 Å². The number of aliphatic imine (C=N–C) groups is 1. The zero-order chi connectivity index (χ0) is 66.6. The van der Waals surface area contributed by atoms with E-state index < -0.39 is 45.8 Å². The summed E-state index contributed by atoms with van der Waals surface area (Å²) in [6.45, 7) is 15.8. The van der Waals surface area contributed by atoms with E-state index in [1.54, 1.807) is 28.0 Å². The van der Waals surface area contributed by atoms with Crippen molar-refractivity contribution in [3.05, 3.63) is 213 Å². The molecule has 7 aromatic carbocycles. The topological polar surface area (TPSA) is 167 Å². The Kier molecular flexibility index (Phi) is 21.1. The Balaban J connectivity index is 1.28. The molecule has 0 radical (unpaired) electrons. The number of allylic oxidation sites excluding steroid dienone is 6. The Bertz CT molecular complexity index is 4160. The van der Waals surface area contributed by atoms with Crippen LogP contribution in [0, 0.1) is 0 Å². The van der Waals surface area contributed by atoms with Gasteiger partial charge in [-0.1, -0.05) is 105 Å². The predicted molar refractivity (Wildman–Crippen MR) is 360 cm³/mol. The third kappa shape index (κ3) is 15.0. The number of anilines is 1. The summed E-state index contributed by atoms with van der Waals surface area (Å²) in [4.78, 5) is 33.9. The highest BCUT2D eigenvalue weighted by Crippen LogP contribution is 2.46. The van der Waals surface area contributed by atoms with E-state index in [0.29, 0.717) is 36.0 Å². The van der Waals surface area contributed by atoms with E-state index in [0.717, 1.165) is 108 Å². The van der Waals surface area contributed by atoms with Crippen LogP contribution in [0.3, 0.4) is 0 Å². The van der Waals surface area contributed by atoms with Crippen LogP contribution >= 0.6 is 0 Å². The highest BCUT2D eigenvalue weighted by molar-refractivity contribution is 6.98. The lowest BCUT2D eigenvalue weighted by atomic mass is 9.76. The molecule has 0 spiro atoms. The average Bonchev–Trinajstić information content (AvgIpc) is 0.727. The molecule has 6 N–H and O–H groups in total. The third-order valence-electron chi connectivity index (χ3n) is 17.5. The Morgan fingerprint density at radius 3 is 1.76 bits per heavy atom. The number of amides is 1. The summed E-state index contributed by atoms with van der Waals surface area (Å²) in [7, 11) is -1.30.